The van der Waals surface area contributed by atoms with E-state index in [1.54, 1.807) is 18.2 Å². The second-order valence-electron chi connectivity index (χ2n) is 7.15. The Morgan fingerprint density at radius 3 is 2.68 bits per heavy atom. The number of quaternary nitrogens is 2. The van der Waals surface area contributed by atoms with E-state index in [1.165, 1.54) is 16.9 Å². The average Bonchev–Trinajstić information content (AvgIpc) is 3.05. The largest absolute Gasteiger partial charge is 0.464 e. The van der Waals surface area contributed by atoms with E-state index >= 15 is 0 Å². The van der Waals surface area contributed by atoms with Crippen molar-refractivity contribution in [2.75, 3.05) is 51.8 Å². The number of H-pyrrole nitrogens is 1. The van der Waals surface area contributed by atoms with Gasteiger partial charge in [-0.25, -0.2) is 4.79 Å². The van der Waals surface area contributed by atoms with Gasteiger partial charge in [0.05, 0.1) is 19.4 Å². The summed E-state index contributed by atoms with van der Waals surface area (Å²) in [6.45, 7) is 6.36. The Morgan fingerprint density at radius 1 is 1.32 bits per heavy atom. The van der Waals surface area contributed by atoms with Crippen LogP contribution in [0, 0.1) is 0 Å². The Hall–Kier alpha value is -2.13. The van der Waals surface area contributed by atoms with Gasteiger partial charge in [-0.3, -0.25) is 4.79 Å². The summed E-state index contributed by atoms with van der Waals surface area (Å²) in [5.41, 5.74) is 1.29. The van der Waals surface area contributed by atoms with Crippen LogP contribution in [0.4, 0.5) is 5.69 Å². The summed E-state index contributed by atoms with van der Waals surface area (Å²) in [7, 11) is 1.30. The maximum Gasteiger partial charge on any atom is 0.356 e. The highest BCUT2D eigenvalue weighted by Gasteiger charge is 2.32. The zero-order chi connectivity index (χ0) is 20.3. The lowest BCUT2D eigenvalue weighted by atomic mass is 10.2. The van der Waals surface area contributed by atoms with Crippen LogP contribution in [-0.2, 0) is 9.53 Å². The minimum Gasteiger partial charge on any atom is -0.464 e. The number of aliphatic hydroxyl groups is 1. The molecule has 1 amide bonds. The number of methoxy groups -OCH3 is 1. The summed E-state index contributed by atoms with van der Waals surface area (Å²) in [6, 6.07) is 4.92. The smallest absolute Gasteiger partial charge is 0.356 e. The summed E-state index contributed by atoms with van der Waals surface area (Å²) in [4.78, 5) is 30.7. The van der Waals surface area contributed by atoms with E-state index in [0.717, 1.165) is 32.7 Å². The number of fused-ring (bicyclic) bond motifs is 1. The van der Waals surface area contributed by atoms with E-state index < -0.39 is 5.97 Å². The van der Waals surface area contributed by atoms with Gasteiger partial charge >= 0.3 is 5.97 Å². The van der Waals surface area contributed by atoms with E-state index in [-0.39, 0.29) is 24.2 Å². The number of benzene rings is 1. The maximum absolute atomic E-state index is 12.9. The first-order chi connectivity index (χ1) is 13.4. The molecule has 1 saturated heterocycles. The standard InChI is InChI=1S/C19H25ClN4O4/c1-12(24-7-5-23(6-8-24)9-10-25)18(26)22-16-14-11-13(20)3-4-15(14)21-17(16)19(27)28-2/h3-4,11-12,21,25H,5-10H2,1-2H3,(H,22,26)/p+2/t12-/m0/s1. The minimum atomic E-state index is -0.552. The number of carbonyl (C=O) groups is 2. The first kappa shape index (κ1) is 20.6. The third-order valence-electron chi connectivity index (χ3n) is 5.47. The van der Waals surface area contributed by atoms with Gasteiger partial charge in [0, 0.05) is 15.9 Å². The van der Waals surface area contributed by atoms with Gasteiger partial charge in [-0.2, -0.15) is 0 Å². The summed E-state index contributed by atoms with van der Waals surface area (Å²) < 4.78 is 4.85. The predicted octanol–water partition coefficient (Wildman–Crippen LogP) is -1.29. The topological polar surface area (TPSA) is 100 Å². The number of aromatic amines is 1. The molecule has 1 atom stereocenters. The van der Waals surface area contributed by atoms with Crippen LogP contribution in [0.5, 0.6) is 0 Å². The van der Waals surface area contributed by atoms with Crippen LogP contribution in [0.15, 0.2) is 18.2 Å². The molecule has 0 aliphatic carbocycles. The van der Waals surface area contributed by atoms with Crippen LogP contribution in [0.2, 0.25) is 5.02 Å². The summed E-state index contributed by atoms with van der Waals surface area (Å²) in [5.74, 6) is -0.713. The summed E-state index contributed by atoms with van der Waals surface area (Å²) in [5, 5.41) is 13.2. The molecule has 0 saturated carbocycles. The van der Waals surface area contributed by atoms with E-state index in [1.807, 2.05) is 6.92 Å². The quantitative estimate of drug-likeness (QED) is 0.383. The molecule has 1 aromatic carbocycles. The second-order valence-corrected chi connectivity index (χ2v) is 7.59. The molecule has 1 aliphatic heterocycles. The van der Waals surface area contributed by atoms with Crippen LogP contribution in [0.1, 0.15) is 17.4 Å². The van der Waals surface area contributed by atoms with Crippen molar-refractivity contribution in [2.24, 2.45) is 0 Å². The average molecular weight is 411 g/mol. The Kier molecular flexibility index (Phi) is 6.56. The molecule has 2 heterocycles. The maximum atomic E-state index is 12.9. The van der Waals surface area contributed by atoms with Gasteiger partial charge in [0.1, 0.15) is 38.4 Å². The number of ether oxygens (including phenoxy) is 1. The van der Waals surface area contributed by atoms with E-state index in [0.29, 0.717) is 21.6 Å². The van der Waals surface area contributed by atoms with Crippen molar-refractivity contribution >= 4 is 40.1 Å². The van der Waals surface area contributed by atoms with Gasteiger partial charge in [0.25, 0.3) is 5.91 Å². The van der Waals surface area contributed by atoms with Gasteiger partial charge in [-0.1, -0.05) is 11.6 Å². The molecular formula is C19H27ClN4O4+2. The van der Waals surface area contributed by atoms with Crippen LogP contribution >= 0.6 is 11.6 Å². The Labute approximate surface area is 168 Å². The lowest BCUT2D eigenvalue weighted by Gasteiger charge is -2.32. The molecule has 0 unspecified atom stereocenters. The molecule has 0 spiro atoms. The van der Waals surface area contributed by atoms with Crippen LogP contribution < -0.4 is 15.1 Å². The van der Waals surface area contributed by atoms with Crippen molar-refractivity contribution in [2.45, 2.75) is 13.0 Å². The van der Waals surface area contributed by atoms with E-state index in [4.69, 9.17) is 21.4 Å². The zero-order valence-corrected chi connectivity index (χ0v) is 16.9. The molecule has 5 N–H and O–H groups in total. The highest BCUT2D eigenvalue weighted by atomic mass is 35.5. The Balaban J connectivity index is 1.78. The Morgan fingerprint density at radius 2 is 2.04 bits per heavy atom. The number of aliphatic hydroxyl groups excluding tert-OH is 1. The van der Waals surface area contributed by atoms with Gasteiger partial charge in [-0.15, -0.1) is 0 Å². The lowest BCUT2D eigenvalue weighted by molar-refractivity contribution is -1.02. The molecular weight excluding hydrogens is 384 g/mol. The molecule has 152 valence electrons. The van der Waals surface area contributed by atoms with Gasteiger partial charge in [0.2, 0.25) is 0 Å². The number of nitrogens with one attached hydrogen (secondary N) is 4. The monoisotopic (exact) mass is 410 g/mol. The Bertz CT molecular complexity index is 861. The van der Waals surface area contributed by atoms with Crippen LogP contribution in [0.25, 0.3) is 10.9 Å². The summed E-state index contributed by atoms with van der Waals surface area (Å²) >= 11 is 6.11. The molecule has 1 aromatic heterocycles. The highest BCUT2D eigenvalue weighted by Crippen LogP contribution is 2.30. The minimum absolute atomic E-state index is 0.161. The number of hydrogen-bond donors (Lipinski definition) is 5. The fourth-order valence-electron chi connectivity index (χ4n) is 3.73. The molecule has 28 heavy (non-hydrogen) atoms. The number of piperazine rings is 1. The third kappa shape index (κ3) is 4.30. The zero-order valence-electron chi connectivity index (χ0n) is 16.1. The van der Waals surface area contributed by atoms with Gasteiger partial charge in [-0.05, 0) is 25.1 Å². The SMILES string of the molecule is COC(=O)c1[nH]c2ccc(Cl)cc2c1NC(=O)[C@H](C)[NH+]1CC[NH+](CCO)CC1. The molecule has 0 radical (unpaired) electrons. The lowest BCUT2D eigenvalue weighted by Crippen LogP contribution is -3.30. The first-order valence-electron chi connectivity index (χ1n) is 9.44. The molecule has 3 rings (SSSR count). The molecule has 9 heteroatoms. The molecule has 8 nitrogen and oxygen atoms in total. The summed E-state index contributed by atoms with van der Waals surface area (Å²) in [6.07, 6.45) is 0. The normalized spacial score (nSPS) is 20.7. The predicted molar refractivity (Wildman–Crippen MR) is 106 cm³/mol. The van der Waals surface area contributed by atoms with Crippen molar-refractivity contribution < 1.29 is 29.2 Å². The van der Waals surface area contributed by atoms with Crippen molar-refractivity contribution in [1.29, 1.82) is 0 Å². The number of carbonyl (C=O) groups excluding carboxylic acids is 2. The van der Waals surface area contributed by atoms with Crippen molar-refractivity contribution in [3.8, 4) is 0 Å². The fraction of sp³-hybridized carbons (Fsp3) is 0.474. The second kappa shape index (κ2) is 8.91. The first-order valence-corrected chi connectivity index (χ1v) is 9.81. The molecule has 1 aliphatic rings. The number of esters is 1. The number of aromatic nitrogens is 1. The third-order valence-corrected chi connectivity index (χ3v) is 5.70. The van der Waals surface area contributed by atoms with Crippen molar-refractivity contribution in [3.63, 3.8) is 0 Å². The highest BCUT2D eigenvalue weighted by molar-refractivity contribution is 6.31. The molecule has 1 fully saturated rings. The number of amides is 1. The van der Waals surface area contributed by atoms with Crippen molar-refractivity contribution in [1.82, 2.24) is 4.98 Å². The fourth-order valence-corrected chi connectivity index (χ4v) is 3.90. The number of halogens is 1. The number of anilines is 1. The van der Waals surface area contributed by atoms with Gasteiger partial charge in [0.15, 0.2) is 6.04 Å². The van der Waals surface area contributed by atoms with Gasteiger partial charge < -0.3 is 29.9 Å². The van der Waals surface area contributed by atoms with Crippen LogP contribution in [-0.4, -0.2) is 74.4 Å². The number of hydrogen-bond acceptors (Lipinski definition) is 4. The molecule has 2 aromatic rings. The molecule has 0 bridgehead atoms. The van der Waals surface area contributed by atoms with E-state index in [2.05, 4.69) is 10.3 Å². The van der Waals surface area contributed by atoms with E-state index in [9.17, 15) is 9.59 Å². The van der Waals surface area contributed by atoms with Crippen LogP contribution in [0.3, 0.4) is 0 Å². The van der Waals surface area contributed by atoms with Crippen molar-refractivity contribution in [3.05, 3.63) is 28.9 Å². The number of rotatable bonds is 6.